The van der Waals surface area contributed by atoms with Gasteiger partial charge in [0, 0.05) is 55.5 Å². The van der Waals surface area contributed by atoms with Gasteiger partial charge in [0.05, 0.1) is 4.90 Å². The maximum Gasteiger partial charge on any atom is 0.321 e. The SMILES string of the molecule is C=CCn1ccc2cc(S(=O)(=O)N3CCCN(C(=O)Nc4cccc(C)c4C)CC3)ccc21. The van der Waals surface area contributed by atoms with E-state index in [4.69, 9.17) is 0 Å². The van der Waals surface area contributed by atoms with Crippen LogP contribution in [0.2, 0.25) is 0 Å². The van der Waals surface area contributed by atoms with E-state index in [-0.39, 0.29) is 17.5 Å². The lowest BCUT2D eigenvalue weighted by Gasteiger charge is -2.23. The van der Waals surface area contributed by atoms with Crippen molar-refractivity contribution in [3.63, 3.8) is 0 Å². The van der Waals surface area contributed by atoms with Crippen molar-refractivity contribution in [2.45, 2.75) is 31.7 Å². The number of benzene rings is 2. The number of carbonyl (C=O) groups excluding carboxylic acids is 1. The predicted octanol–water partition coefficient (Wildman–Crippen LogP) is 4.37. The molecule has 7 nitrogen and oxygen atoms in total. The number of nitrogens with one attached hydrogen (secondary N) is 1. The number of amides is 2. The largest absolute Gasteiger partial charge is 0.344 e. The molecule has 0 saturated carbocycles. The van der Waals surface area contributed by atoms with E-state index in [1.54, 1.807) is 17.0 Å². The summed E-state index contributed by atoms with van der Waals surface area (Å²) in [7, 11) is -3.65. The maximum absolute atomic E-state index is 13.3. The minimum absolute atomic E-state index is 0.201. The van der Waals surface area contributed by atoms with Gasteiger partial charge in [0.2, 0.25) is 10.0 Å². The second kappa shape index (κ2) is 9.41. The van der Waals surface area contributed by atoms with Gasteiger partial charge in [-0.25, -0.2) is 13.2 Å². The summed E-state index contributed by atoms with van der Waals surface area (Å²) in [5.41, 5.74) is 3.89. The zero-order chi connectivity index (χ0) is 23.6. The van der Waals surface area contributed by atoms with Crippen LogP contribution in [0.1, 0.15) is 17.5 Å². The van der Waals surface area contributed by atoms with Gasteiger partial charge in [0.25, 0.3) is 0 Å². The number of allylic oxidation sites excluding steroid dienone is 1. The van der Waals surface area contributed by atoms with Crippen LogP contribution in [0.15, 0.2) is 66.2 Å². The topological polar surface area (TPSA) is 74.7 Å². The number of sulfonamides is 1. The van der Waals surface area contributed by atoms with Crippen LogP contribution in [0.25, 0.3) is 10.9 Å². The highest BCUT2D eigenvalue weighted by Gasteiger charge is 2.28. The van der Waals surface area contributed by atoms with E-state index < -0.39 is 10.0 Å². The Morgan fingerprint density at radius 1 is 1.09 bits per heavy atom. The van der Waals surface area contributed by atoms with E-state index in [2.05, 4.69) is 11.9 Å². The third-order valence-electron chi connectivity index (χ3n) is 6.29. The van der Waals surface area contributed by atoms with Gasteiger partial charge in [0.1, 0.15) is 0 Å². The van der Waals surface area contributed by atoms with Crippen molar-refractivity contribution in [1.82, 2.24) is 13.8 Å². The molecule has 1 fully saturated rings. The molecule has 0 aliphatic carbocycles. The van der Waals surface area contributed by atoms with Gasteiger partial charge in [-0.2, -0.15) is 4.31 Å². The maximum atomic E-state index is 13.3. The molecule has 1 aromatic heterocycles. The molecule has 0 radical (unpaired) electrons. The Morgan fingerprint density at radius 2 is 1.91 bits per heavy atom. The van der Waals surface area contributed by atoms with Crippen molar-refractivity contribution in [3.8, 4) is 0 Å². The standard InChI is InChI=1S/C25H30N4O3S/c1-4-12-27-15-11-21-18-22(9-10-24(21)27)33(31,32)29-14-6-13-28(16-17-29)25(30)26-23-8-5-7-19(2)20(23)3/h4-5,7-11,15,18H,1,6,12-14,16-17H2,2-3H3,(H,26,30). The second-order valence-corrected chi connectivity index (χ2v) is 10.3. The highest BCUT2D eigenvalue weighted by Crippen LogP contribution is 2.24. The van der Waals surface area contributed by atoms with Crippen LogP contribution < -0.4 is 5.32 Å². The minimum atomic E-state index is -3.65. The molecule has 4 rings (SSSR count). The van der Waals surface area contributed by atoms with Crippen molar-refractivity contribution in [2.24, 2.45) is 0 Å². The molecule has 33 heavy (non-hydrogen) atoms. The molecule has 2 aromatic carbocycles. The quantitative estimate of drug-likeness (QED) is 0.568. The molecule has 8 heteroatoms. The van der Waals surface area contributed by atoms with Crippen LogP contribution in [-0.4, -0.2) is 54.4 Å². The smallest absolute Gasteiger partial charge is 0.321 e. The van der Waals surface area contributed by atoms with E-state index in [1.807, 2.05) is 61.0 Å². The molecule has 0 spiro atoms. The van der Waals surface area contributed by atoms with E-state index in [0.29, 0.717) is 32.6 Å². The van der Waals surface area contributed by atoms with E-state index >= 15 is 0 Å². The molecule has 174 valence electrons. The number of aryl methyl sites for hydroxylation is 1. The lowest BCUT2D eigenvalue weighted by atomic mass is 10.1. The number of rotatable bonds is 5. The fraction of sp³-hybridized carbons (Fsp3) is 0.320. The van der Waals surface area contributed by atoms with Gasteiger partial charge in [-0.05, 0) is 61.7 Å². The molecule has 2 heterocycles. The average molecular weight is 467 g/mol. The summed E-state index contributed by atoms with van der Waals surface area (Å²) < 4.78 is 30.2. The van der Waals surface area contributed by atoms with Gasteiger partial charge < -0.3 is 14.8 Å². The van der Waals surface area contributed by atoms with Gasteiger partial charge >= 0.3 is 6.03 Å². The zero-order valence-electron chi connectivity index (χ0n) is 19.1. The van der Waals surface area contributed by atoms with Gasteiger partial charge in [-0.3, -0.25) is 0 Å². The molecular formula is C25H30N4O3S. The molecule has 2 amide bonds. The first kappa shape index (κ1) is 23.1. The fourth-order valence-corrected chi connectivity index (χ4v) is 5.71. The number of hydrogen-bond acceptors (Lipinski definition) is 3. The Balaban J connectivity index is 1.47. The highest BCUT2D eigenvalue weighted by atomic mass is 32.2. The number of nitrogens with zero attached hydrogens (tertiary/aromatic N) is 3. The molecule has 1 saturated heterocycles. The van der Waals surface area contributed by atoms with Gasteiger partial charge in [-0.1, -0.05) is 18.2 Å². The number of anilines is 1. The zero-order valence-corrected chi connectivity index (χ0v) is 19.9. The molecule has 1 aliphatic rings. The summed E-state index contributed by atoms with van der Waals surface area (Å²) in [6.07, 6.45) is 4.32. The molecule has 0 unspecified atom stereocenters. The Hall–Kier alpha value is -3.10. The van der Waals surface area contributed by atoms with Gasteiger partial charge in [-0.15, -0.1) is 6.58 Å². The van der Waals surface area contributed by atoms with Crippen molar-refractivity contribution in [2.75, 3.05) is 31.5 Å². The first-order chi connectivity index (χ1) is 15.8. The molecule has 0 bridgehead atoms. The lowest BCUT2D eigenvalue weighted by Crippen LogP contribution is -2.39. The number of hydrogen-bond donors (Lipinski definition) is 1. The van der Waals surface area contributed by atoms with Crippen LogP contribution >= 0.6 is 0 Å². The first-order valence-corrected chi connectivity index (χ1v) is 12.6. The van der Waals surface area contributed by atoms with E-state index in [0.717, 1.165) is 27.7 Å². The average Bonchev–Trinajstić information content (AvgIpc) is 3.02. The Labute approximate surface area is 195 Å². The summed E-state index contributed by atoms with van der Waals surface area (Å²) in [5.74, 6) is 0. The molecule has 1 aliphatic heterocycles. The van der Waals surface area contributed by atoms with Crippen molar-refractivity contribution in [1.29, 1.82) is 0 Å². The summed E-state index contributed by atoms with van der Waals surface area (Å²) in [6, 6.07) is 12.7. The summed E-state index contributed by atoms with van der Waals surface area (Å²) in [4.78, 5) is 14.8. The van der Waals surface area contributed by atoms with E-state index in [1.165, 1.54) is 4.31 Å². The molecular weight excluding hydrogens is 436 g/mol. The van der Waals surface area contributed by atoms with Crippen LogP contribution in [0.4, 0.5) is 10.5 Å². The summed E-state index contributed by atoms with van der Waals surface area (Å²) in [5, 5.41) is 3.85. The number of carbonyl (C=O) groups is 1. The first-order valence-electron chi connectivity index (χ1n) is 11.1. The Morgan fingerprint density at radius 3 is 2.70 bits per heavy atom. The van der Waals surface area contributed by atoms with Crippen molar-refractivity contribution >= 4 is 32.6 Å². The molecule has 0 atom stereocenters. The number of fused-ring (bicyclic) bond motifs is 1. The number of urea groups is 1. The molecule has 3 aromatic rings. The summed E-state index contributed by atoms with van der Waals surface area (Å²) >= 11 is 0. The van der Waals surface area contributed by atoms with Crippen LogP contribution in [-0.2, 0) is 16.6 Å². The Kier molecular flexibility index (Phi) is 6.58. The Bertz CT molecular complexity index is 1300. The van der Waals surface area contributed by atoms with Gasteiger partial charge in [0.15, 0.2) is 0 Å². The predicted molar refractivity (Wildman–Crippen MR) is 132 cm³/mol. The van der Waals surface area contributed by atoms with Crippen molar-refractivity contribution in [3.05, 3.63) is 72.4 Å². The van der Waals surface area contributed by atoms with Crippen molar-refractivity contribution < 1.29 is 13.2 Å². The van der Waals surface area contributed by atoms with E-state index in [9.17, 15) is 13.2 Å². The number of aromatic nitrogens is 1. The monoisotopic (exact) mass is 466 g/mol. The fourth-order valence-electron chi connectivity index (χ4n) is 4.20. The van der Waals surface area contributed by atoms with Crippen LogP contribution in [0.3, 0.4) is 0 Å². The van der Waals surface area contributed by atoms with Crippen LogP contribution in [0, 0.1) is 13.8 Å². The summed E-state index contributed by atoms with van der Waals surface area (Å²) in [6.45, 7) is 9.90. The lowest BCUT2D eigenvalue weighted by molar-refractivity contribution is 0.214. The van der Waals surface area contributed by atoms with Crippen LogP contribution in [0.5, 0.6) is 0 Å². The normalized spacial score (nSPS) is 15.4. The third-order valence-corrected chi connectivity index (χ3v) is 8.19. The second-order valence-electron chi connectivity index (χ2n) is 8.40. The minimum Gasteiger partial charge on any atom is -0.344 e. The third kappa shape index (κ3) is 4.67. The highest BCUT2D eigenvalue weighted by molar-refractivity contribution is 7.89. The molecule has 1 N–H and O–H groups in total.